The highest BCUT2D eigenvalue weighted by atomic mass is 35.5. The van der Waals surface area contributed by atoms with Crippen molar-refractivity contribution in [3.05, 3.63) is 52.7 Å². The summed E-state index contributed by atoms with van der Waals surface area (Å²) in [6.07, 6.45) is 2.37. The lowest BCUT2D eigenvalue weighted by atomic mass is 9.94. The average Bonchev–Trinajstić information content (AvgIpc) is 2.82. The number of hydrogen-bond donors (Lipinski definition) is 2. The molecule has 0 bridgehead atoms. The minimum Gasteiger partial charge on any atom is -0.495 e. The second-order valence-electron chi connectivity index (χ2n) is 8.97. The van der Waals surface area contributed by atoms with Crippen molar-refractivity contribution in [2.75, 3.05) is 38.1 Å². The van der Waals surface area contributed by atoms with Gasteiger partial charge in [-0.1, -0.05) is 15.5 Å². The molecule has 10 nitrogen and oxygen atoms in total. The maximum absolute atomic E-state index is 13.0. The highest BCUT2D eigenvalue weighted by molar-refractivity contribution is 7.81. The highest BCUT2D eigenvalue weighted by Crippen LogP contribution is 2.40. The molecule has 4 rings (SSSR count). The van der Waals surface area contributed by atoms with Crippen molar-refractivity contribution < 1.29 is 25.7 Å². The van der Waals surface area contributed by atoms with Crippen LogP contribution in [0.3, 0.4) is 0 Å². The van der Waals surface area contributed by atoms with E-state index in [9.17, 15) is 12.3 Å². The smallest absolute Gasteiger partial charge is 0.488 e. The molecule has 204 valence electrons. The molecule has 1 atom stereocenters. The fourth-order valence-corrected chi connectivity index (χ4v) is 4.99. The second-order valence-corrected chi connectivity index (χ2v) is 12.1. The van der Waals surface area contributed by atoms with Gasteiger partial charge in [0.05, 0.1) is 32.8 Å². The molecule has 0 radical (unpaired) electrons. The van der Waals surface area contributed by atoms with Crippen molar-refractivity contribution in [1.82, 2.24) is 14.9 Å². The molecule has 38 heavy (non-hydrogen) atoms. The number of hydrogen-bond acceptors (Lipinski definition) is 10. The molecule has 1 aliphatic heterocycles. The zero-order chi connectivity index (χ0) is 27.6. The first-order valence-corrected chi connectivity index (χ1v) is 15.4. The van der Waals surface area contributed by atoms with Crippen molar-refractivity contribution in [1.29, 1.82) is 0 Å². The fourth-order valence-electron chi connectivity index (χ4n) is 3.98. The van der Waals surface area contributed by atoms with Gasteiger partial charge in [0.1, 0.15) is 22.3 Å². The molecule has 0 saturated heterocycles. The molecular weight excluding hydrogens is 556 g/mol. The maximum atomic E-state index is 13.0. The van der Waals surface area contributed by atoms with Gasteiger partial charge >= 0.3 is 10.5 Å². The van der Waals surface area contributed by atoms with E-state index in [1.165, 1.54) is 35.5 Å². The molecule has 14 heteroatoms. The number of halogens is 2. The van der Waals surface area contributed by atoms with Gasteiger partial charge in [0.2, 0.25) is 5.95 Å². The summed E-state index contributed by atoms with van der Waals surface area (Å²) < 4.78 is 50.6. The first kappa shape index (κ1) is 28.1. The van der Waals surface area contributed by atoms with Gasteiger partial charge in [-0.25, -0.2) is 4.98 Å². The van der Waals surface area contributed by atoms with E-state index in [2.05, 4.69) is 43.7 Å². The van der Waals surface area contributed by atoms with Crippen LogP contribution in [-0.2, 0) is 23.5 Å². The van der Waals surface area contributed by atoms with Crippen LogP contribution in [0.2, 0.25) is 5.02 Å². The van der Waals surface area contributed by atoms with E-state index in [1.54, 1.807) is 7.11 Å². The van der Waals surface area contributed by atoms with Gasteiger partial charge in [0.15, 0.2) is 5.82 Å². The van der Waals surface area contributed by atoms with Crippen LogP contribution in [0.4, 0.5) is 27.0 Å². The maximum Gasteiger partial charge on any atom is 0.488 e. The molecule has 3 aromatic rings. The first-order valence-electron chi connectivity index (χ1n) is 11.5. The normalized spacial score (nSPS) is 15.6. The summed E-state index contributed by atoms with van der Waals surface area (Å²) in [7, 11) is -2.39. The molecule has 0 aliphatic carbocycles. The topological polar surface area (TPSA) is 115 Å². The standard InChI is InChI=1S/C24H28ClFN5O5PS/c1-14-8-15-10-21(34-3)20(9-16(15)13-31(14)2)29-24-27-12-18(25)23(30-24)28-19-7-6-17(36-38(26,32)33)11-22(19)35-37(4)5/h6-7,9-12,14H,8,13H2,1-5H3,(H2,27,28,29,30). The average molecular weight is 584 g/mol. The number of methoxy groups -OCH3 is 1. The monoisotopic (exact) mass is 583 g/mol. The summed E-state index contributed by atoms with van der Waals surface area (Å²) in [5.41, 5.74) is 3.56. The van der Waals surface area contributed by atoms with E-state index in [0.717, 1.165) is 13.0 Å². The van der Waals surface area contributed by atoms with Crippen LogP contribution in [0, 0.1) is 0 Å². The Balaban J connectivity index is 1.63. The lowest BCUT2D eigenvalue weighted by Crippen LogP contribution is -2.35. The molecule has 0 amide bonds. The molecule has 2 heterocycles. The summed E-state index contributed by atoms with van der Waals surface area (Å²) in [4.78, 5) is 11.1. The van der Waals surface area contributed by atoms with Crippen molar-refractivity contribution in [2.24, 2.45) is 0 Å². The van der Waals surface area contributed by atoms with Gasteiger partial charge in [0, 0.05) is 18.7 Å². The Morgan fingerprint density at radius 2 is 1.89 bits per heavy atom. The van der Waals surface area contributed by atoms with E-state index in [1.807, 2.05) is 25.5 Å². The van der Waals surface area contributed by atoms with E-state index >= 15 is 0 Å². The van der Waals surface area contributed by atoms with Gasteiger partial charge in [-0.3, -0.25) is 4.90 Å². The summed E-state index contributed by atoms with van der Waals surface area (Å²) in [6.45, 7) is 6.71. The van der Waals surface area contributed by atoms with Crippen molar-refractivity contribution in [2.45, 2.75) is 25.9 Å². The van der Waals surface area contributed by atoms with Crippen LogP contribution in [0.5, 0.6) is 17.2 Å². The van der Waals surface area contributed by atoms with Crippen LogP contribution in [0.1, 0.15) is 18.1 Å². The number of likely N-dealkylation sites (N-methyl/N-ethyl adjacent to an activating group) is 1. The van der Waals surface area contributed by atoms with Crippen molar-refractivity contribution in [3.8, 4) is 17.2 Å². The van der Waals surface area contributed by atoms with Crippen LogP contribution >= 0.6 is 19.7 Å². The number of nitrogens with one attached hydrogen (secondary N) is 2. The second kappa shape index (κ2) is 11.4. The molecule has 0 fully saturated rings. The molecular formula is C24H28ClFN5O5PS. The zero-order valence-electron chi connectivity index (χ0n) is 21.4. The van der Waals surface area contributed by atoms with E-state index in [4.69, 9.17) is 20.9 Å². The lowest BCUT2D eigenvalue weighted by Gasteiger charge is -2.32. The number of anilines is 4. The van der Waals surface area contributed by atoms with Crippen molar-refractivity contribution >= 4 is 53.4 Å². The fraction of sp³-hybridized carbons (Fsp3) is 0.333. The third kappa shape index (κ3) is 6.93. The lowest BCUT2D eigenvalue weighted by molar-refractivity contribution is 0.231. The number of ether oxygens (including phenoxy) is 1. The van der Waals surface area contributed by atoms with Crippen LogP contribution in [0.25, 0.3) is 0 Å². The van der Waals surface area contributed by atoms with E-state index in [0.29, 0.717) is 23.2 Å². The van der Waals surface area contributed by atoms with Gasteiger partial charge in [-0.05, 0) is 69.1 Å². The largest absolute Gasteiger partial charge is 0.495 e. The van der Waals surface area contributed by atoms with Crippen LogP contribution in [0.15, 0.2) is 36.5 Å². The Morgan fingerprint density at radius 1 is 1.13 bits per heavy atom. The summed E-state index contributed by atoms with van der Waals surface area (Å²) >= 11 is 6.37. The molecule has 0 spiro atoms. The SMILES string of the molecule is COc1cc2c(cc1Nc1ncc(Cl)c(Nc3ccc(OS(=O)(=O)F)cc3OP(C)C)n1)CN(C)C(C)C2. The van der Waals surface area contributed by atoms with Gasteiger partial charge in [0.25, 0.3) is 0 Å². The van der Waals surface area contributed by atoms with Crippen molar-refractivity contribution in [3.63, 3.8) is 0 Å². The van der Waals surface area contributed by atoms with Crippen LogP contribution in [-0.4, -0.2) is 56.8 Å². The molecule has 2 N–H and O–H groups in total. The zero-order valence-corrected chi connectivity index (χ0v) is 23.9. The predicted molar refractivity (Wildman–Crippen MR) is 148 cm³/mol. The summed E-state index contributed by atoms with van der Waals surface area (Å²) in [5.74, 6) is 1.21. The molecule has 0 saturated carbocycles. The Bertz CT molecular complexity index is 1450. The third-order valence-corrected chi connectivity index (χ3v) is 7.11. The summed E-state index contributed by atoms with van der Waals surface area (Å²) in [5, 5.41) is 6.52. The number of nitrogens with zero attached hydrogens (tertiary/aromatic N) is 3. The highest BCUT2D eigenvalue weighted by Gasteiger charge is 2.22. The molecule has 1 aliphatic rings. The predicted octanol–water partition coefficient (Wildman–Crippen LogP) is 5.63. The minimum absolute atomic E-state index is 0.233. The van der Waals surface area contributed by atoms with Gasteiger partial charge in [-0.2, -0.15) is 13.4 Å². The van der Waals surface area contributed by atoms with Crippen LogP contribution < -0.4 is 24.1 Å². The quantitative estimate of drug-likeness (QED) is 0.242. The Morgan fingerprint density at radius 3 is 2.58 bits per heavy atom. The minimum atomic E-state index is -5.19. The number of fused-ring (bicyclic) bond motifs is 1. The number of benzene rings is 2. The Kier molecular flexibility index (Phi) is 8.46. The van der Waals surface area contributed by atoms with Gasteiger partial charge in [-0.15, -0.1) is 0 Å². The van der Waals surface area contributed by atoms with E-state index in [-0.39, 0.29) is 28.3 Å². The van der Waals surface area contributed by atoms with Gasteiger partial charge < -0.3 is 24.1 Å². The number of aromatic nitrogens is 2. The van der Waals surface area contributed by atoms with E-state index < -0.39 is 18.7 Å². The molecule has 1 aromatic heterocycles. The summed E-state index contributed by atoms with van der Waals surface area (Å²) in [6, 6.07) is 8.54. The number of rotatable bonds is 9. The Labute approximate surface area is 227 Å². The Hall–Kier alpha value is -2.92. The molecule has 2 aromatic carbocycles. The molecule has 1 unspecified atom stereocenters. The third-order valence-electron chi connectivity index (χ3n) is 5.88. The first-order chi connectivity index (χ1) is 17.9.